The maximum atomic E-state index is 11.2. The summed E-state index contributed by atoms with van der Waals surface area (Å²) in [4.78, 5) is 11.2. The molecule has 0 atom stereocenters. The molecule has 1 aromatic rings. The van der Waals surface area contributed by atoms with E-state index in [0.29, 0.717) is 10.2 Å². The molecule has 0 aliphatic rings. The summed E-state index contributed by atoms with van der Waals surface area (Å²) in [5.41, 5.74) is 1.05. The highest BCUT2D eigenvalue weighted by Crippen LogP contribution is 2.25. The minimum atomic E-state index is -3.54. The van der Waals surface area contributed by atoms with Crippen LogP contribution in [-0.2, 0) is 14.8 Å². The quantitative estimate of drug-likeness (QED) is 0.904. The second-order valence-corrected chi connectivity index (χ2v) is 6.12. The van der Waals surface area contributed by atoms with Crippen molar-refractivity contribution in [3.8, 4) is 5.75 Å². The summed E-state index contributed by atoms with van der Waals surface area (Å²) >= 11 is 3.28. The van der Waals surface area contributed by atoms with Gasteiger partial charge in [0.05, 0.1) is 10.7 Å². The average molecular weight is 322 g/mol. The van der Waals surface area contributed by atoms with Gasteiger partial charge in [0.25, 0.3) is 5.91 Å². The molecule has 0 heterocycles. The maximum absolute atomic E-state index is 11.2. The normalized spacial score (nSPS) is 11.0. The van der Waals surface area contributed by atoms with Gasteiger partial charge in [0, 0.05) is 0 Å². The average Bonchev–Trinajstić information content (AvgIpc) is 2.13. The van der Waals surface area contributed by atoms with E-state index < -0.39 is 15.9 Å². The van der Waals surface area contributed by atoms with Gasteiger partial charge < -0.3 is 4.74 Å². The van der Waals surface area contributed by atoms with Crippen molar-refractivity contribution in [2.24, 2.45) is 0 Å². The zero-order valence-corrected chi connectivity index (χ0v) is 11.8. The number of hydrogen-bond acceptors (Lipinski definition) is 4. The summed E-state index contributed by atoms with van der Waals surface area (Å²) < 4.78 is 29.2. The van der Waals surface area contributed by atoms with Crippen LogP contribution in [0.5, 0.6) is 5.75 Å². The Labute approximate surface area is 108 Å². The smallest absolute Gasteiger partial charge is 0.271 e. The molecule has 1 rings (SSSR count). The number of sulfonamides is 1. The fraction of sp³-hybridized carbons (Fsp3) is 0.300. The molecule has 1 aromatic carbocycles. The van der Waals surface area contributed by atoms with E-state index in [9.17, 15) is 13.2 Å². The molecular formula is C10H12BrNO4S. The third-order valence-corrected chi connectivity index (χ3v) is 2.96. The van der Waals surface area contributed by atoms with Crippen LogP contribution >= 0.6 is 15.9 Å². The van der Waals surface area contributed by atoms with Crippen LogP contribution < -0.4 is 9.46 Å². The van der Waals surface area contributed by atoms with Gasteiger partial charge in [-0.15, -0.1) is 0 Å². The largest absolute Gasteiger partial charge is 0.483 e. The second-order valence-electron chi connectivity index (χ2n) is 3.52. The van der Waals surface area contributed by atoms with Crippen LogP contribution in [0.3, 0.4) is 0 Å². The molecule has 94 valence electrons. The first kappa shape index (κ1) is 14.0. The number of aryl methyl sites for hydroxylation is 1. The first-order valence-corrected chi connectivity index (χ1v) is 7.36. The van der Waals surface area contributed by atoms with Crippen LogP contribution in [0, 0.1) is 6.92 Å². The van der Waals surface area contributed by atoms with Crippen LogP contribution in [0.25, 0.3) is 0 Å². The van der Waals surface area contributed by atoms with E-state index >= 15 is 0 Å². The van der Waals surface area contributed by atoms with Crippen molar-refractivity contribution in [1.82, 2.24) is 4.72 Å². The fourth-order valence-corrected chi connectivity index (χ4v) is 2.18. The molecule has 0 radical (unpaired) electrons. The van der Waals surface area contributed by atoms with E-state index in [4.69, 9.17) is 4.74 Å². The fourth-order valence-electron chi connectivity index (χ4n) is 1.10. The molecule has 0 aliphatic carbocycles. The summed E-state index contributed by atoms with van der Waals surface area (Å²) in [6.07, 6.45) is 0.909. The molecule has 1 N–H and O–H groups in total. The summed E-state index contributed by atoms with van der Waals surface area (Å²) in [5.74, 6) is -0.223. The minimum absolute atomic E-state index is 0.352. The molecule has 7 heteroatoms. The third kappa shape index (κ3) is 5.18. The second kappa shape index (κ2) is 5.50. The van der Waals surface area contributed by atoms with Gasteiger partial charge in [-0.3, -0.25) is 9.52 Å². The van der Waals surface area contributed by atoms with E-state index in [1.165, 1.54) is 0 Å². The van der Waals surface area contributed by atoms with Gasteiger partial charge >= 0.3 is 0 Å². The Balaban J connectivity index is 2.59. The molecule has 1 amide bonds. The number of rotatable bonds is 4. The number of ether oxygens (including phenoxy) is 1. The summed E-state index contributed by atoms with van der Waals surface area (Å²) in [7, 11) is -3.54. The highest BCUT2D eigenvalue weighted by molar-refractivity contribution is 9.10. The molecule has 0 aliphatic heterocycles. The SMILES string of the molecule is Cc1ccc(OCC(=O)NS(C)(=O)=O)c(Br)c1. The molecule has 0 saturated carbocycles. The van der Waals surface area contributed by atoms with Crippen molar-refractivity contribution in [3.05, 3.63) is 28.2 Å². The minimum Gasteiger partial charge on any atom is -0.483 e. The zero-order valence-electron chi connectivity index (χ0n) is 9.36. The summed E-state index contributed by atoms with van der Waals surface area (Å²) in [6, 6.07) is 5.37. The Morgan fingerprint density at radius 2 is 2.12 bits per heavy atom. The highest BCUT2D eigenvalue weighted by atomic mass is 79.9. The van der Waals surface area contributed by atoms with Gasteiger partial charge in [-0.2, -0.15) is 0 Å². The van der Waals surface area contributed by atoms with Crippen LogP contribution in [-0.4, -0.2) is 27.2 Å². The molecule has 0 aromatic heterocycles. The van der Waals surface area contributed by atoms with Crippen molar-refractivity contribution in [1.29, 1.82) is 0 Å². The predicted octanol–water partition coefficient (Wildman–Crippen LogP) is 1.21. The van der Waals surface area contributed by atoms with Gasteiger partial charge in [0.2, 0.25) is 10.0 Å². The standard InChI is InChI=1S/C10H12BrNO4S/c1-7-3-4-9(8(11)5-7)16-6-10(13)12-17(2,14)15/h3-5H,6H2,1-2H3,(H,12,13). The third-order valence-electron chi connectivity index (χ3n) is 1.75. The molecule has 0 unspecified atom stereocenters. The number of amides is 1. The van der Waals surface area contributed by atoms with Crippen molar-refractivity contribution in [3.63, 3.8) is 0 Å². The Bertz CT molecular complexity index is 527. The topological polar surface area (TPSA) is 72.5 Å². The maximum Gasteiger partial charge on any atom is 0.271 e. The molecule has 0 bridgehead atoms. The van der Waals surface area contributed by atoms with E-state index in [-0.39, 0.29) is 6.61 Å². The van der Waals surface area contributed by atoms with E-state index in [1.807, 2.05) is 23.8 Å². The molecule has 0 fully saturated rings. The highest BCUT2D eigenvalue weighted by Gasteiger charge is 2.10. The monoisotopic (exact) mass is 321 g/mol. The number of hydrogen-bond donors (Lipinski definition) is 1. The zero-order chi connectivity index (χ0) is 13.1. The van der Waals surface area contributed by atoms with Crippen LogP contribution in [0.2, 0.25) is 0 Å². The number of carbonyl (C=O) groups excluding carboxylic acids is 1. The lowest BCUT2D eigenvalue weighted by Gasteiger charge is -2.08. The number of nitrogens with one attached hydrogen (secondary N) is 1. The Hall–Kier alpha value is -1.08. The van der Waals surface area contributed by atoms with E-state index in [0.717, 1.165) is 11.8 Å². The lowest BCUT2D eigenvalue weighted by atomic mass is 10.2. The Morgan fingerprint density at radius 1 is 1.47 bits per heavy atom. The number of carbonyl (C=O) groups is 1. The number of halogens is 1. The van der Waals surface area contributed by atoms with Crippen LogP contribution in [0.1, 0.15) is 5.56 Å². The Kier molecular flexibility index (Phi) is 4.53. The van der Waals surface area contributed by atoms with Crippen molar-refractivity contribution in [2.75, 3.05) is 12.9 Å². The number of benzene rings is 1. The van der Waals surface area contributed by atoms with Crippen LogP contribution in [0.15, 0.2) is 22.7 Å². The molecule has 17 heavy (non-hydrogen) atoms. The Morgan fingerprint density at radius 3 is 2.65 bits per heavy atom. The van der Waals surface area contributed by atoms with Gasteiger partial charge in [0.15, 0.2) is 6.61 Å². The van der Waals surface area contributed by atoms with E-state index in [1.54, 1.807) is 6.07 Å². The summed E-state index contributed by atoms with van der Waals surface area (Å²) in [6.45, 7) is 1.57. The lowest BCUT2D eigenvalue weighted by molar-refractivity contribution is -0.121. The molecule has 0 spiro atoms. The molecule has 0 saturated heterocycles. The van der Waals surface area contributed by atoms with E-state index in [2.05, 4.69) is 15.9 Å². The van der Waals surface area contributed by atoms with Crippen molar-refractivity contribution in [2.45, 2.75) is 6.92 Å². The van der Waals surface area contributed by atoms with Gasteiger partial charge in [-0.25, -0.2) is 8.42 Å². The lowest BCUT2D eigenvalue weighted by Crippen LogP contribution is -2.33. The summed E-state index contributed by atoms with van der Waals surface area (Å²) in [5, 5.41) is 0. The van der Waals surface area contributed by atoms with Crippen molar-refractivity contribution < 1.29 is 17.9 Å². The van der Waals surface area contributed by atoms with Gasteiger partial charge in [0.1, 0.15) is 5.75 Å². The molecular weight excluding hydrogens is 310 g/mol. The first-order chi connectivity index (χ1) is 7.78. The molecule has 5 nitrogen and oxygen atoms in total. The van der Waals surface area contributed by atoms with Crippen molar-refractivity contribution >= 4 is 31.9 Å². The van der Waals surface area contributed by atoms with Gasteiger partial charge in [-0.05, 0) is 40.5 Å². The van der Waals surface area contributed by atoms with Crippen LogP contribution in [0.4, 0.5) is 0 Å². The predicted molar refractivity (Wildman–Crippen MR) is 67.4 cm³/mol. The van der Waals surface area contributed by atoms with Gasteiger partial charge in [-0.1, -0.05) is 6.07 Å². The first-order valence-electron chi connectivity index (χ1n) is 4.67.